The van der Waals surface area contributed by atoms with Gasteiger partial charge in [-0.25, -0.2) is 0 Å². The lowest BCUT2D eigenvalue weighted by molar-refractivity contribution is -0.121. The molecule has 100 valence electrons. The number of benzene rings is 1. The molecule has 0 saturated heterocycles. The van der Waals surface area contributed by atoms with Crippen LogP contribution < -0.4 is 5.32 Å². The summed E-state index contributed by atoms with van der Waals surface area (Å²) in [5.74, 6) is 0.561. The van der Waals surface area contributed by atoms with Gasteiger partial charge < -0.3 is 5.32 Å². The van der Waals surface area contributed by atoms with Crippen molar-refractivity contribution in [3.63, 3.8) is 0 Å². The molecule has 0 radical (unpaired) electrons. The predicted molar refractivity (Wildman–Crippen MR) is 80.7 cm³/mol. The number of alkyl halides is 1. The van der Waals surface area contributed by atoms with Crippen LogP contribution in [-0.4, -0.2) is 11.8 Å². The van der Waals surface area contributed by atoms with Gasteiger partial charge in [0.05, 0.1) is 6.04 Å². The summed E-state index contributed by atoms with van der Waals surface area (Å²) in [7, 11) is 0. The van der Waals surface area contributed by atoms with Gasteiger partial charge in [0.2, 0.25) is 5.91 Å². The maximum Gasteiger partial charge on any atom is 0.220 e. The van der Waals surface area contributed by atoms with E-state index in [9.17, 15) is 4.79 Å². The van der Waals surface area contributed by atoms with Crippen LogP contribution in [-0.2, 0) is 4.79 Å². The summed E-state index contributed by atoms with van der Waals surface area (Å²) in [6.45, 7) is 0. The van der Waals surface area contributed by atoms with Gasteiger partial charge in [-0.05, 0) is 23.4 Å². The maximum absolute atomic E-state index is 11.9. The predicted octanol–water partition coefficient (Wildman–Crippen LogP) is 3.97. The molecule has 1 aromatic heterocycles. The second-order valence-electron chi connectivity index (χ2n) is 4.22. The summed E-state index contributed by atoms with van der Waals surface area (Å²) >= 11 is 7.27. The van der Waals surface area contributed by atoms with E-state index in [1.807, 2.05) is 47.8 Å². The normalized spacial score (nSPS) is 12.1. The fraction of sp³-hybridized carbons (Fsp3) is 0.267. The molecular formula is C15H16ClNOS. The summed E-state index contributed by atoms with van der Waals surface area (Å²) in [6.07, 6.45) is 1.18. The van der Waals surface area contributed by atoms with E-state index in [1.165, 1.54) is 0 Å². The van der Waals surface area contributed by atoms with Crippen LogP contribution in [0.1, 0.15) is 29.3 Å². The highest BCUT2D eigenvalue weighted by atomic mass is 35.5. The van der Waals surface area contributed by atoms with Gasteiger partial charge in [-0.1, -0.05) is 36.4 Å². The first-order valence-electron chi connectivity index (χ1n) is 6.25. The molecule has 1 N–H and O–H groups in total. The largest absolute Gasteiger partial charge is 0.344 e. The zero-order valence-electron chi connectivity index (χ0n) is 10.5. The SMILES string of the molecule is O=C(CCCCl)NC(c1ccccc1)c1cccs1. The second-order valence-corrected chi connectivity index (χ2v) is 5.58. The van der Waals surface area contributed by atoms with Gasteiger partial charge in [0.25, 0.3) is 0 Å². The quantitative estimate of drug-likeness (QED) is 0.802. The van der Waals surface area contributed by atoms with Crippen molar-refractivity contribution in [2.45, 2.75) is 18.9 Å². The number of hydrogen-bond acceptors (Lipinski definition) is 2. The summed E-state index contributed by atoms with van der Waals surface area (Å²) in [5, 5.41) is 5.11. The fourth-order valence-electron chi connectivity index (χ4n) is 1.88. The lowest BCUT2D eigenvalue weighted by Gasteiger charge is -2.18. The van der Waals surface area contributed by atoms with Crippen LogP contribution in [0.4, 0.5) is 0 Å². The number of carbonyl (C=O) groups is 1. The van der Waals surface area contributed by atoms with E-state index in [2.05, 4.69) is 5.32 Å². The summed E-state index contributed by atoms with van der Waals surface area (Å²) in [6, 6.07) is 14.0. The van der Waals surface area contributed by atoms with E-state index in [4.69, 9.17) is 11.6 Å². The van der Waals surface area contributed by atoms with E-state index in [0.29, 0.717) is 18.7 Å². The third-order valence-corrected chi connectivity index (χ3v) is 4.01. The molecule has 2 aromatic rings. The van der Waals surface area contributed by atoms with Crippen molar-refractivity contribution in [3.8, 4) is 0 Å². The first-order chi connectivity index (χ1) is 9.31. The number of nitrogens with one attached hydrogen (secondary N) is 1. The van der Waals surface area contributed by atoms with Gasteiger partial charge in [0.15, 0.2) is 0 Å². The first kappa shape index (κ1) is 14.1. The third kappa shape index (κ3) is 4.08. The van der Waals surface area contributed by atoms with Crippen LogP contribution in [0.15, 0.2) is 47.8 Å². The molecule has 0 bridgehead atoms. The summed E-state index contributed by atoms with van der Waals surface area (Å²) in [4.78, 5) is 13.1. The van der Waals surface area contributed by atoms with Crippen molar-refractivity contribution in [2.24, 2.45) is 0 Å². The van der Waals surface area contributed by atoms with Gasteiger partial charge in [-0.15, -0.1) is 22.9 Å². The highest BCUT2D eigenvalue weighted by molar-refractivity contribution is 7.10. The zero-order chi connectivity index (χ0) is 13.5. The molecule has 1 aromatic carbocycles. The Labute approximate surface area is 122 Å². The second kappa shape index (κ2) is 7.31. The van der Waals surface area contributed by atoms with Crippen LogP contribution in [0.25, 0.3) is 0 Å². The van der Waals surface area contributed by atoms with Gasteiger partial charge in [-0.2, -0.15) is 0 Å². The molecule has 19 heavy (non-hydrogen) atoms. The molecule has 0 aliphatic carbocycles. The van der Waals surface area contributed by atoms with Gasteiger partial charge in [0, 0.05) is 17.2 Å². The van der Waals surface area contributed by atoms with Crippen molar-refractivity contribution in [1.82, 2.24) is 5.32 Å². The fourth-order valence-corrected chi connectivity index (χ4v) is 2.82. The highest BCUT2D eigenvalue weighted by Gasteiger charge is 2.17. The third-order valence-electron chi connectivity index (χ3n) is 2.80. The lowest BCUT2D eigenvalue weighted by atomic mass is 10.1. The number of rotatable bonds is 6. The van der Waals surface area contributed by atoms with Gasteiger partial charge >= 0.3 is 0 Å². The molecule has 1 amide bonds. The van der Waals surface area contributed by atoms with Crippen molar-refractivity contribution < 1.29 is 4.79 Å². The minimum atomic E-state index is -0.0657. The maximum atomic E-state index is 11.9. The Bertz CT molecular complexity index is 498. The number of carbonyl (C=O) groups excluding carboxylic acids is 1. The van der Waals surface area contributed by atoms with E-state index >= 15 is 0 Å². The van der Waals surface area contributed by atoms with E-state index < -0.39 is 0 Å². The van der Waals surface area contributed by atoms with Crippen molar-refractivity contribution in [2.75, 3.05) is 5.88 Å². The minimum Gasteiger partial charge on any atom is -0.344 e. The highest BCUT2D eigenvalue weighted by Crippen LogP contribution is 2.25. The van der Waals surface area contributed by atoms with Crippen molar-refractivity contribution >= 4 is 28.8 Å². The average molecular weight is 294 g/mol. The van der Waals surface area contributed by atoms with Crippen molar-refractivity contribution in [1.29, 1.82) is 0 Å². The van der Waals surface area contributed by atoms with Crippen LogP contribution in [0.3, 0.4) is 0 Å². The smallest absolute Gasteiger partial charge is 0.220 e. The molecule has 1 heterocycles. The van der Waals surface area contributed by atoms with Crippen LogP contribution >= 0.6 is 22.9 Å². The van der Waals surface area contributed by atoms with E-state index in [-0.39, 0.29) is 11.9 Å². The Morgan fingerprint density at radius 2 is 2.00 bits per heavy atom. The molecule has 2 rings (SSSR count). The summed E-state index contributed by atoms with van der Waals surface area (Å²) in [5.41, 5.74) is 1.10. The Balaban J connectivity index is 2.14. The molecule has 1 atom stereocenters. The van der Waals surface area contributed by atoms with E-state index in [1.54, 1.807) is 11.3 Å². The van der Waals surface area contributed by atoms with Gasteiger partial charge in [-0.3, -0.25) is 4.79 Å². The monoisotopic (exact) mass is 293 g/mol. The Hall–Kier alpha value is -1.32. The summed E-state index contributed by atoms with van der Waals surface area (Å²) < 4.78 is 0. The van der Waals surface area contributed by atoms with Crippen LogP contribution in [0.5, 0.6) is 0 Å². The Morgan fingerprint density at radius 3 is 2.63 bits per heavy atom. The molecule has 0 aliphatic rings. The number of halogens is 1. The standard InChI is InChI=1S/C15H16ClNOS/c16-10-4-9-14(18)17-15(13-8-5-11-19-13)12-6-2-1-3-7-12/h1-3,5-8,11,15H,4,9-10H2,(H,17,18). The minimum absolute atomic E-state index is 0.0444. The molecule has 0 fully saturated rings. The Morgan fingerprint density at radius 1 is 1.21 bits per heavy atom. The van der Waals surface area contributed by atoms with Crippen molar-refractivity contribution in [3.05, 3.63) is 58.3 Å². The number of thiophene rings is 1. The molecule has 4 heteroatoms. The topological polar surface area (TPSA) is 29.1 Å². The zero-order valence-corrected chi connectivity index (χ0v) is 12.1. The molecule has 1 unspecified atom stereocenters. The first-order valence-corrected chi connectivity index (χ1v) is 7.66. The number of amides is 1. The molecule has 0 spiro atoms. The molecule has 2 nitrogen and oxygen atoms in total. The van der Waals surface area contributed by atoms with Crippen LogP contribution in [0, 0.1) is 0 Å². The molecular weight excluding hydrogens is 278 g/mol. The Kier molecular flexibility index (Phi) is 5.43. The van der Waals surface area contributed by atoms with E-state index in [0.717, 1.165) is 10.4 Å². The average Bonchev–Trinajstić information content (AvgIpc) is 2.97. The molecule has 0 saturated carbocycles. The van der Waals surface area contributed by atoms with Crippen LogP contribution in [0.2, 0.25) is 0 Å². The lowest BCUT2D eigenvalue weighted by Crippen LogP contribution is -2.28. The van der Waals surface area contributed by atoms with Gasteiger partial charge in [0.1, 0.15) is 0 Å². The molecule has 0 aliphatic heterocycles. The number of hydrogen-bond donors (Lipinski definition) is 1.